The summed E-state index contributed by atoms with van der Waals surface area (Å²) in [5.74, 6) is -0.406. The molecule has 0 saturated heterocycles. The lowest BCUT2D eigenvalue weighted by molar-refractivity contribution is 0.0602. The summed E-state index contributed by atoms with van der Waals surface area (Å²) in [7, 11) is -2.68. The Labute approximate surface area is 120 Å². The van der Waals surface area contributed by atoms with E-state index in [2.05, 4.69) is 19.7 Å². The molecule has 0 saturated carbocycles. The number of nitrogens with zero attached hydrogens (tertiary/aromatic N) is 1. The highest BCUT2D eigenvalue weighted by Gasteiger charge is 2.28. The summed E-state index contributed by atoms with van der Waals surface area (Å²) in [6, 6.07) is 0. The molecule has 0 amide bonds. The predicted molar refractivity (Wildman–Crippen MR) is 74.5 cm³/mol. The fraction of sp³-hybridized carbons (Fsp3) is 0.273. The zero-order chi connectivity index (χ0) is 14.9. The van der Waals surface area contributed by atoms with Gasteiger partial charge in [-0.2, -0.15) is 5.10 Å². The minimum Gasteiger partial charge on any atom is -0.465 e. The molecule has 0 unspecified atom stereocenters. The number of anilines is 1. The van der Waals surface area contributed by atoms with Gasteiger partial charge in [0.2, 0.25) is 0 Å². The second kappa shape index (κ2) is 5.25. The highest BCUT2D eigenvalue weighted by Crippen LogP contribution is 2.29. The molecule has 2 aromatic rings. The van der Waals surface area contributed by atoms with Gasteiger partial charge in [0.1, 0.15) is 15.6 Å². The van der Waals surface area contributed by atoms with Crippen molar-refractivity contribution in [3.05, 3.63) is 27.6 Å². The number of rotatable bonds is 4. The van der Waals surface area contributed by atoms with Gasteiger partial charge in [0.05, 0.1) is 13.3 Å². The van der Waals surface area contributed by atoms with Crippen molar-refractivity contribution in [2.45, 2.75) is 18.7 Å². The number of H-pyrrole nitrogens is 1. The van der Waals surface area contributed by atoms with Gasteiger partial charge in [-0.15, -0.1) is 11.3 Å². The number of aromatic nitrogens is 2. The highest BCUT2D eigenvalue weighted by atomic mass is 32.2. The molecule has 2 N–H and O–H groups in total. The lowest BCUT2D eigenvalue weighted by atomic mass is 10.3. The first-order chi connectivity index (χ1) is 9.36. The van der Waals surface area contributed by atoms with Crippen molar-refractivity contribution in [3.63, 3.8) is 0 Å². The Balaban J connectivity index is 2.47. The zero-order valence-corrected chi connectivity index (χ0v) is 12.7. The van der Waals surface area contributed by atoms with E-state index in [0.717, 1.165) is 11.3 Å². The molecule has 0 aliphatic rings. The Morgan fingerprint density at radius 2 is 2.10 bits per heavy atom. The van der Waals surface area contributed by atoms with Crippen LogP contribution in [0.1, 0.15) is 20.8 Å². The fourth-order valence-corrected chi connectivity index (χ4v) is 4.43. The van der Waals surface area contributed by atoms with Crippen LogP contribution in [0.4, 0.5) is 5.82 Å². The van der Waals surface area contributed by atoms with Crippen molar-refractivity contribution in [3.8, 4) is 0 Å². The van der Waals surface area contributed by atoms with Crippen molar-refractivity contribution >= 4 is 33.1 Å². The first-order valence-electron chi connectivity index (χ1n) is 5.56. The molecule has 2 aromatic heterocycles. The van der Waals surface area contributed by atoms with Gasteiger partial charge in [0.15, 0.2) is 0 Å². The number of sulfonamides is 1. The Bertz CT molecular complexity index is 746. The molecule has 0 aliphatic carbocycles. The van der Waals surface area contributed by atoms with Crippen molar-refractivity contribution in [2.75, 3.05) is 11.8 Å². The van der Waals surface area contributed by atoms with E-state index in [1.165, 1.54) is 13.3 Å². The van der Waals surface area contributed by atoms with Crippen molar-refractivity contribution in [1.82, 2.24) is 10.2 Å². The number of ether oxygens (including phenoxy) is 1. The first kappa shape index (κ1) is 14.5. The van der Waals surface area contributed by atoms with Crippen molar-refractivity contribution < 1.29 is 17.9 Å². The van der Waals surface area contributed by atoms with E-state index in [1.807, 2.05) is 0 Å². The van der Waals surface area contributed by atoms with Crippen LogP contribution in [0.5, 0.6) is 0 Å². The summed E-state index contributed by atoms with van der Waals surface area (Å²) in [5.41, 5.74) is 1.14. The van der Waals surface area contributed by atoms with Crippen LogP contribution in [-0.2, 0) is 14.8 Å². The van der Waals surface area contributed by atoms with Gasteiger partial charge in [0.25, 0.3) is 10.0 Å². The largest absolute Gasteiger partial charge is 0.465 e. The quantitative estimate of drug-likeness (QED) is 0.836. The number of esters is 1. The first-order valence-corrected chi connectivity index (χ1v) is 7.92. The molecule has 0 aliphatic heterocycles. The van der Waals surface area contributed by atoms with E-state index in [0.29, 0.717) is 11.1 Å². The highest BCUT2D eigenvalue weighted by molar-refractivity contribution is 7.93. The molecule has 7 nitrogen and oxygen atoms in total. The topological polar surface area (TPSA) is 101 Å². The van der Waals surface area contributed by atoms with Gasteiger partial charge in [-0.1, -0.05) is 0 Å². The molecule has 0 bridgehead atoms. The smallest absolute Gasteiger partial charge is 0.349 e. The molecule has 108 valence electrons. The van der Waals surface area contributed by atoms with Crippen LogP contribution in [-0.4, -0.2) is 31.7 Å². The monoisotopic (exact) mass is 315 g/mol. The third-order valence-corrected chi connectivity index (χ3v) is 5.37. The predicted octanol–water partition coefficient (Wildman–Crippen LogP) is 1.68. The Morgan fingerprint density at radius 1 is 1.40 bits per heavy atom. The number of methoxy groups -OCH3 is 1. The normalized spacial score (nSPS) is 11.3. The maximum absolute atomic E-state index is 12.4. The van der Waals surface area contributed by atoms with Gasteiger partial charge >= 0.3 is 5.97 Å². The van der Waals surface area contributed by atoms with E-state index in [4.69, 9.17) is 0 Å². The molecule has 20 heavy (non-hydrogen) atoms. The number of nitrogens with one attached hydrogen (secondary N) is 2. The molecule has 0 radical (unpaired) electrons. The maximum Gasteiger partial charge on any atom is 0.349 e. The Kier molecular flexibility index (Phi) is 3.82. The number of aryl methyl sites for hydroxylation is 2. The Morgan fingerprint density at radius 3 is 2.65 bits per heavy atom. The molecule has 0 fully saturated rings. The van der Waals surface area contributed by atoms with Gasteiger partial charge < -0.3 is 4.74 Å². The minimum atomic E-state index is -3.89. The summed E-state index contributed by atoms with van der Waals surface area (Å²) in [6.45, 7) is 3.33. The molecule has 0 aromatic carbocycles. The molecular formula is C11H13N3O4S2. The second-order valence-corrected chi connectivity index (χ2v) is 6.60. The third kappa shape index (κ3) is 2.54. The van der Waals surface area contributed by atoms with Gasteiger partial charge in [0, 0.05) is 5.56 Å². The number of thiophene rings is 1. The summed E-state index contributed by atoms with van der Waals surface area (Å²) in [5, 5.41) is 7.89. The van der Waals surface area contributed by atoms with E-state index < -0.39 is 16.0 Å². The lowest BCUT2D eigenvalue weighted by Gasteiger charge is -2.08. The lowest BCUT2D eigenvalue weighted by Crippen LogP contribution is -2.17. The van der Waals surface area contributed by atoms with Crippen molar-refractivity contribution in [2.24, 2.45) is 0 Å². The molecule has 9 heteroatoms. The average Bonchev–Trinajstić information content (AvgIpc) is 2.95. The SMILES string of the molecule is COC(=O)c1scc(C)c1S(=O)(=O)Nc1[nH]ncc1C. The average molecular weight is 315 g/mol. The summed E-state index contributed by atoms with van der Waals surface area (Å²) < 4.78 is 31.8. The number of carbonyl (C=O) groups is 1. The zero-order valence-electron chi connectivity index (χ0n) is 11.1. The molecule has 0 atom stereocenters. The van der Waals surface area contributed by atoms with Crippen LogP contribution in [0.3, 0.4) is 0 Å². The summed E-state index contributed by atoms with van der Waals surface area (Å²) in [4.78, 5) is 11.6. The number of hydrogen-bond donors (Lipinski definition) is 2. The molecular weight excluding hydrogens is 302 g/mol. The van der Waals surface area contributed by atoms with Gasteiger partial charge in [-0.25, -0.2) is 13.2 Å². The molecule has 2 rings (SSSR count). The fourth-order valence-electron chi connectivity index (χ4n) is 1.64. The maximum atomic E-state index is 12.4. The van der Waals surface area contributed by atoms with Gasteiger partial charge in [-0.3, -0.25) is 9.82 Å². The summed E-state index contributed by atoms with van der Waals surface area (Å²) in [6.07, 6.45) is 1.50. The number of hydrogen-bond acceptors (Lipinski definition) is 6. The Hall–Kier alpha value is -1.87. The molecule has 2 heterocycles. The van der Waals surface area contributed by atoms with Crippen LogP contribution in [0.2, 0.25) is 0 Å². The van der Waals surface area contributed by atoms with E-state index >= 15 is 0 Å². The van der Waals surface area contributed by atoms with Crippen LogP contribution in [0.25, 0.3) is 0 Å². The van der Waals surface area contributed by atoms with Crippen LogP contribution in [0.15, 0.2) is 16.5 Å². The standard InChI is InChI=1S/C11H13N3O4S2/c1-6-4-12-13-10(6)14-20(16,17)9-7(2)5-19-8(9)11(15)18-3/h4-5H,1-3H3,(H2,12,13,14). The van der Waals surface area contributed by atoms with E-state index in [-0.39, 0.29) is 15.6 Å². The molecule has 0 spiro atoms. The minimum absolute atomic E-state index is 0.0506. The second-order valence-electron chi connectivity index (χ2n) is 4.10. The van der Waals surface area contributed by atoms with Crippen LogP contribution in [0, 0.1) is 13.8 Å². The van der Waals surface area contributed by atoms with Crippen LogP contribution < -0.4 is 4.72 Å². The number of carbonyl (C=O) groups excluding carboxylic acids is 1. The third-order valence-electron chi connectivity index (χ3n) is 2.62. The van der Waals surface area contributed by atoms with E-state index in [1.54, 1.807) is 19.2 Å². The summed E-state index contributed by atoms with van der Waals surface area (Å²) >= 11 is 1.03. The van der Waals surface area contributed by atoms with Crippen LogP contribution >= 0.6 is 11.3 Å². The van der Waals surface area contributed by atoms with Crippen molar-refractivity contribution in [1.29, 1.82) is 0 Å². The number of aromatic amines is 1. The van der Waals surface area contributed by atoms with Gasteiger partial charge in [-0.05, 0) is 24.8 Å². The van der Waals surface area contributed by atoms with E-state index in [9.17, 15) is 13.2 Å².